The molecule has 162 valence electrons. The zero-order chi connectivity index (χ0) is 22.3. The molecule has 1 amide bonds. The van der Waals surface area contributed by atoms with Crippen LogP contribution >= 0.6 is 11.8 Å². The number of carbonyl (C=O) groups is 1. The number of nitrogens with one attached hydrogen (secondary N) is 2. The average molecular weight is 459 g/mol. The molecule has 0 unspecified atom stereocenters. The standard InChI is InChI=1S/C23H23FN2O3S2/c1-17-6-12-21(13-7-17)31(28,29)26-20-10-8-18(9-11-20)23(27)25-14-15-30-16-19-4-2-3-5-22(19)24/h2-13,26H,14-16H2,1H3,(H,25,27). The van der Waals surface area contributed by atoms with Gasteiger partial charge in [0.15, 0.2) is 0 Å². The fourth-order valence-corrected chi connectivity index (χ4v) is 4.66. The SMILES string of the molecule is Cc1ccc(S(=O)(=O)Nc2ccc(C(=O)NCCSCc3ccccc3F)cc2)cc1. The van der Waals surface area contributed by atoms with E-state index in [1.54, 1.807) is 66.7 Å². The van der Waals surface area contributed by atoms with Crippen molar-refractivity contribution in [1.82, 2.24) is 5.32 Å². The first-order valence-electron chi connectivity index (χ1n) is 9.64. The second-order valence-corrected chi connectivity index (χ2v) is 9.68. The molecule has 0 spiro atoms. The highest BCUT2D eigenvalue weighted by Gasteiger charge is 2.14. The van der Waals surface area contributed by atoms with Crippen LogP contribution in [0.25, 0.3) is 0 Å². The Kier molecular flexibility index (Phi) is 7.70. The minimum Gasteiger partial charge on any atom is -0.351 e. The van der Waals surface area contributed by atoms with E-state index < -0.39 is 10.0 Å². The molecule has 0 atom stereocenters. The number of carbonyl (C=O) groups excluding carboxylic acids is 1. The minimum absolute atomic E-state index is 0.174. The third kappa shape index (κ3) is 6.57. The normalized spacial score (nSPS) is 11.2. The van der Waals surface area contributed by atoms with Crippen molar-refractivity contribution in [2.45, 2.75) is 17.6 Å². The van der Waals surface area contributed by atoms with Crippen molar-refractivity contribution in [1.29, 1.82) is 0 Å². The first kappa shape index (κ1) is 22.8. The number of aryl methyl sites for hydroxylation is 1. The van der Waals surface area contributed by atoms with Gasteiger partial charge in [-0.1, -0.05) is 35.9 Å². The highest BCUT2D eigenvalue weighted by Crippen LogP contribution is 2.18. The van der Waals surface area contributed by atoms with Crippen LogP contribution in [0, 0.1) is 12.7 Å². The highest BCUT2D eigenvalue weighted by atomic mass is 32.2. The van der Waals surface area contributed by atoms with Gasteiger partial charge < -0.3 is 5.32 Å². The largest absolute Gasteiger partial charge is 0.351 e. The van der Waals surface area contributed by atoms with Crippen molar-refractivity contribution in [3.63, 3.8) is 0 Å². The van der Waals surface area contributed by atoms with Gasteiger partial charge in [0, 0.05) is 29.3 Å². The number of hydrogen-bond acceptors (Lipinski definition) is 4. The Balaban J connectivity index is 1.47. The Labute approximate surface area is 186 Å². The van der Waals surface area contributed by atoms with E-state index in [1.807, 2.05) is 6.92 Å². The fourth-order valence-electron chi connectivity index (χ4n) is 2.76. The van der Waals surface area contributed by atoms with Crippen molar-refractivity contribution >= 4 is 33.4 Å². The van der Waals surface area contributed by atoms with Crippen LogP contribution in [0.5, 0.6) is 0 Å². The Morgan fingerprint density at radius 3 is 2.32 bits per heavy atom. The number of thioether (sulfide) groups is 1. The van der Waals surface area contributed by atoms with Gasteiger partial charge in [0.25, 0.3) is 15.9 Å². The van der Waals surface area contributed by atoms with Gasteiger partial charge in [-0.3, -0.25) is 9.52 Å². The van der Waals surface area contributed by atoms with E-state index in [9.17, 15) is 17.6 Å². The Morgan fingerprint density at radius 2 is 1.65 bits per heavy atom. The number of sulfonamides is 1. The van der Waals surface area contributed by atoms with E-state index in [0.717, 1.165) is 5.56 Å². The van der Waals surface area contributed by atoms with Crippen LogP contribution in [0.3, 0.4) is 0 Å². The lowest BCUT2D eigenvalue weighted by Gasteiger charge is -2.10. The molecule has 0 saturated carbocycles. The van der Waals surface area contributed by atoms with Crippen molar-refractivity contribution in [3.05, 3.63) is 95.3 Å². The summed E-state index contributed by atoms with van der Waals surface area (Å²) < 4.78 is 41.0. The van der Waals surface area contributed by atoms with Crippen LogP contribution < -0.4 is 10.0 Å². The van der Waals surface area contributed by atoms with Crippen LogP contribution in [0.4, 0.5) is 10.1 Å². The molecule has 0 fully saturated rings. The number of halogens is 1. The van der Waals surface area contributed by atoms with Gasteiger partial charge in [0.2, 0.25) is 0 Å². The van der Waals surface area contributed by atoms with E-state index in [2.05, 4.69) is 10.0 Å². The van der Waals surface area contributed by atoms with Gasteiger partial charge in [-0.2, -0.15) is 11.8 Å². The number of benzene rings is 3. The summed E-state index contributed by atoms with van der Waals surface area (Å²) in [7, 11) is -3.69. The Hall–Kier alpha value is -2.84. The molecule has 0 heterocycles. The van der Waals surface area contributed by atoms with Gasteiger partial charge >= 0.3 is 0 Å². The lowest BCUT2D eigenvalue weighted by molar-refractivity contribution is 0.0956. The van der Waals surface area contributed by atoms with Crippen LogP contribution in [-0.2, 0) is 15.8 Å². The molecule has 3 rings (SSSR count). The predicted octanol–water partition coefficient (Wildman–Crippen LogP) is 4.60. The molecule has 3 aromatic rings. The average Bonchev–Trinajstić information content (AvgIpc) is 2.75. The summed E-state index contributed by atoms with van der Waals surface area (Å²) >= 11 is 1.53. The summed E-state index contributed by atoms with van der Waals surface area (Å²) in [5.74, 6) is 0.712. The van der Waals surface area contributed by atoms with Gasteiger partial charge in [-0.05, 0) is 55.0 Å². The van der Waals surface area contributed by atoms with E-state index in [1.165, 1.54) is 17.8 Å². The Morgan fingerprint density at radius 1 is 0.968 bits per heavy atom. The van der Waals surface area contributed by atoms with E-state index in [4.69, 9.17) is 0 Å². The molecule has 0 aliphatic heterocycles. The topological polar surface area (TPSA) is 75.3 Å². The molecular formula is C23H23FN2O3S2. The molecule has 8 heteroatoms. The van der Waals surface area contributed by atoms with Crippen LogP contribution in [0.2, 0.25) is 0 Å². The molecule has 3 aromatic carbocycles. The summed E-state index contributed by atoms with van der Waals surface area (Å²) in [6.07, 6.45) is 0. The van der Waals surface area contributed by atoms with Gasteiger partial charge in [0.05, 0.1) is 4.90 Å². The first-order chi connectivity index (χ1) is 14.8. The maximum Gasteiger partial charge on any atom is 0.261 e. The van der Waals surface area contributed by atoms with Crippen LogP contribution in [0.1, 0.15) is 21.5 Å². The van der Waals surface area contributed by atoms with Crippen LogP contribution in [0.15, 0.2) is 77.7 Å². The van der Waals surface area contributed by atoms with Crippen LogP contribution in [-0.4, -0.2) is 26.6 Å². The van der Waals surface area contributed by atoms with Crippen molar-refractivity contribution < 1.29 is 17.6 Å². The summed E-state index contributed by atoms with van der Waals surface area (Å²) in [6, 6.07) is 19.4. The zero-order valence-corrected chi connectivity index (χ0v) is 18.6. The molecule has 5 nitrogen and oxygen atoms in total. The monoisotopic (exact) mass is 458 g/mol. The maximum absolute atomic E-state index is 13.6. The minimum atomic E-state index is -3.69. The molecular weight excluding hydrogens is 435 g/mol. The predicted molar refractivity (Wildman–Crippen MR) is 123 cm³/mol. The van der Waals surface area contributed by atoms with Gasteiger partial charge in [-0.25, -0.2) is 12.8 Å². The smallest absolute Gasteiger partial charge is 0.261 e. The van der Waals surface area contributed by atoms with E-state index >= 15 is 0 Å². The molecule has 0 aliphatic rings. The molecule has 0 bridgehead atoms. The quantitative estimate of drug-likeness (QED) is 0.460. The van der Waals surface area contributed by atoms with E-state index in [-0.39, 0.29) is 16.6 Å². The summed E-state index contributed by atoms with van der Waals surface area (Å²) in [6.45, 7) is 2.33. The van der Waals surface area contributed by atoms with Crippen molar-refractivity contribution in [2.24, 2.45) is 0 Å². The second-order valence-electron chi connectivity index (χ2n) is 6.90. The molecule has 31 heavy (non-hydrogen) atoms. The van der Waals surface area contributed by atoms with E-state index in [0.29, 0.717) is 34.9 Å². The maximum atomic E-state index is 13.6. The van der Waals surface area contributed by atoms with Crippen molar-refractivity contribution in [2.75, 3.05) is 17.0 Å². The number of hydrogen-bond donors (Lipinski definition) is 2. The number of rotatable bonds is 9. The third-order valence-corrected chi connectivity index (χ3v) is 6.88. The third-order valence-electron chi connectivity index (χ3n) is 4.48. The lowest BCUT2D eigenvalue weighted by atomic mass is 10.2. The fraction of sp³-hybridized carbons (Fsp3) is 0.174. The zero-order valence-electron chi connectivity index (χ0n) is 17.0. The first-order valence-corrected chi connectivity index (χ1v) is 12.3. The summed E-state index contributed by atoms with van der Waals surface area (Å²) in [5, 5.41) is 2.81. The Bertz CT molecular complexity index is 1130. The number of amides is 1. The van der Waals surface area contributed by atoms with Gasteiger partial charge in [-0.15, -0.1) is 0 Å². The lowest BCUT2D eigenvalue weighted by Crippen LogP contribution is -2.25. The summed E-state index contributed by atoms with van der Waals surface area (Å²) in [5.41, 5.74) is 2.41. The molecule has 2 N–H and O–H groups in total. The number of anilines is 1. The molecule has 0 saturated heterocycles. The molecule has 0 aliphatic carbocycles. The van der Waals surface area contributed by atoms with Crippen molar-refractivity contribution in [3.8, 4) is 0 Å². The summed E-state index contributed by atoms with van der Waals surface area (Å²) in [4.78, 5) is 12.4. The highest BCUT2D eigenvalue weighted by molar-refractivity contribution is 7.98. The molecule has 0 aromatic heterocycles. The second kappa shape index (κ2) is 10.5. The molecule has 0 radical (unpaired) electrons. The van der Waals surface area contributed by atoms with Gasteiger partial charge in [0.1, 0.15) is 5.82 Å².